The quantitative estimate of drug-likeness (QED) is 0.776. The monoisotopic (exact) mass is 391 g/mol. The summed E-state index contributed by atoms with van der Waals surface area (Å²) in [5.41, 5.74) is 0.930. The van der Waals surface area contributed by atoms with Gasteiger partial charge in [0.15, 0.2) is 11.5 Å². The van der Waals surface area contributed by atoms with Crippen molar-refractivity contribution >= 4 is 17.3 Å². The highest BCUT2D eigenvalue weighted by Gasteiger charge is 2.38. The molecule has 27 heavy (non-hydrogen) atoms. The topological polar surface area (TPSA) is 68.2 Å². The van der Waals surface area contributed by atoms with Crippen LogP contribution >= 0.6 is 11.3 Å². The number of benzene rings is 1. The summed E-state index contributed by atoms with van der Waals surface area (Å²) in [4.78, 5) is 16.2. The van der Waals surface area contributed by atoms with E-state index in [1.807, 2.05) is 12.1 Å². The Morgan fingerprint density at radius 2 is 1.85 bits per heavy atom. The molecule has 1 fully saturated rings. The second kappa shape index (κ2) is 8.19. The third-order valence-electron chi connectivity index (χ3n) is 4.94. The number of carboxylic acids is 1. The van der Waals surface area contributed by atoms with Gasteiger partial charge in [0.2, 0.25) is 5.75 Å². The number of nitrogens with zero attached hydrogens (tertiary/aromatic N) is 1. The first-order chi connectivity index (χ1) is 13.0. The number of aryl methyl sites for hydroxylation is 1. The summed E-state index contributed by atoms with van der Waals surface area (Å²) < 4.78 is 16.5. The molecule has 1 saturated heterocycles. The summed E-state index contributed by atoms with van der Waals surface area (Å²) in [5.74, 6) is 0.881. The number of carbonyl (C=O) groups is 1. The van der Waals surface area contributed by atoms with Crippen LogP contribution in [-0.4, -0.2) is 49.9 Å². The molecule has 146 valence electrons. The lowest BCUT2D eigenvalue weighted by molar-refractivity contribution is -0.142. The predicted molar refractivity (Wildman–Crippen MR) is 104 cm³/mol. The van der Waals surface area contributed by atoms with Gasteiger partial charge in [0.1, 0.15) is 6.04 Å². The van der Waals surface area contributed by atoms with Crippen molar-refractivity contribution in [1.82, 2.24) is 4.90 Å². The number of hydrogen-bond acceptors (Lipinski definition) is 6. The van der Waals surface area contributed by atoms with Gasteiger partial charge >= 0.3 is 5.97 Å². The SMILES string of the molecule is COc1cc(C(c2ccc(C)s2)N2CCCC2C(=O)O)cc(OC)c1OC. The Bertz CT molecular complexity index is 793. The molecule has 2 unspecified atom stereocenters. The summed E-state index contributed by atoms with van der Waals surface area (Å²) in [5, 5.41) is 9.71. The maximum Gasteiger partial charge on any atom is 0.320 e. The Kier molecular flexibility index (Phi) is 5.92. The van der Waals surface area contributed by atoms with Crippen LogP contribution in [0.3, 0.4) is 0 Å². The zero-order chi connectivity index (χ0) is 19.6. The number of rotatable bonds is 7. The van der Waals surface area contributed by atoms with Gasteiger partial charge in [0.25, 0.3) is 0 Å². The molecule has 1 aromatic carbocycles. The van der Waals surface area contributed by atoms with Crippen molar-refractivity contribution in [3.63, 3.8) is 0 Å². The summed E-state index contributed by atoms with van der Waals surface area (Å²) >= 11 is 1.68. The number of methoxy groups -OCH3 is 3. The number of aliphatic carboxylic acids is 1. The van der Waals surface area contributed by atoms with E-state index in [1.165, 1.54) is 4.88 Å². The molecule has 6 nitrogen and oxygen atoms in total. The van der Waals surface area contributed by atoms with Gasteiger partial charge in [-0.3, -0.25) is 9.69 Å². The average Bonchev–Trinajstić information content (AvgIpc) is 3.30. The van der Waals surface area contributed by atoms with Crippen molar-refractivity contribution < 1.29 is 24.1 Å². The van der Waals surface area contributed by atoms with E-state index >= 15 is 0 Å². The zero-order valence-corrected chi connectivity index (χ0v) is 16.8. The fourth-order valence-electron chi connectivity index (χ4n) is 3.74. The first-order valence-electron chi connectivity index (χ1n) is 8.85. The average molecular weight is 391 g/mol. The maximum absolute atomic E-state index is 11.8. The largest absolute Gasteiger partial charge is 0.493 e. The molecule has 2 aromatic rings. The Hall–Kier alpha value is -2.25. The first-order valence-corrected chi connectivity index (χ1v) is 9.66. The molecule has 0 amide bonds. The molecule has 0 radical (unpaired) electrons. The molecule has 3 rings (SSSR count). The van der Waals surface area contributed by atoms with Crippen LogP contribution in [0.2, 0.25) is 0 Å². The lowest BCUT2D eigenvalue weighted by Crippen LogP contribution is -2.39. The molecular formula is C20H25NO5S. The number of ether oxygens (including phenoxy) is 3. The molecule has 0 saturated carbocycles. The van der Waals surface area contributed by atoms with Gasteiger partial charge < -0.3 is 19.3 Å². The molecule has 1 N–H and O–H groups in total. The number of carboxylic acid groups (broad SMARTS) is 1. The molecule has 0 bridgehead atoms. The van der Waals surface area contributed by atoms with E-state index in [4.69, 9.17) is 14.2 Å². The van der Waals surface area contributed by atoms with Crippen molar-refractivity contribution in [1.29, 1.82) is 0 Å². The molecular weight excluding hydrogens is 366 g/mol. The molecule has 0 aliphatic carbocycles. The van der Waals surface area contributed by atoms with Crippen molar-refractivity contribution in [3.05, 3.63) is 39.6 Å². The van der Waals surface area contributed by atoms with E-state index in [-0.39, 0.29) is 6.04 Å². The third kappa shape index (κ3) is 3.75. The standard InChI is InChI=1S/C20H25NO5S/c1-12-7-8-17(27-12)18(21-9-5-6-14(21)20(22)23)13-10-15(24-2)19(26-4)16(11-13)25-3/h7-8,10-11,14,18H,5-6,9H2,1-4H3,(H,22,23). The van der Waals surface area contributed by atoms with Crippen LogP contribution in [0.15, 0.2) is 24.3 Å². The lowest BCUT2D eigenvalue weighted by Gasteiger charge is -2.31. The van der Waals surface area contributed by atoms with Crippen molar-refractivity contribution in [2.24, 2.45) is 0 Å². The lowest BCUT2D eigenvalue weighted by atomic mass is 10.0. The Morgan fingerprint density at radius 3 is 2.33 bits per heavy atom. The Balaban J connectivity index is 2.15. The summed E-state index contributed by atoms with van der Waals surface area (Å²) in [6.45, 7) is 2.79. The molecule has 1 aliphatic heterocycles. The minimum Gasteiger partial charge on any atom is -0.493 e. The van der Waals surface area contributed by atoms with Crippen LogP contribution in [0.25, 0.3) is 0 Å². The van der Waals surface area contributed by atoms with E-state index in [1.54, 1.807) is 32.7 Å². The van der Waals surface area contributed by atoms with Crippen molar-refractivity contribution in [3.8, 4) is 17.2 Å². The Labute approximate surface area is 163 Å². The Morgan fingerprint density at radius 1 is 1.19 bits per heavy atom. The van der Waals surface area contributed by atoms with Gasteiger partial charge in [-0.15, -0.1) is 11.3 Å². The van der Waals surface area contributed by atoms with Crippen molar-refractivity contribution in [2.45, 2.75) is 31.8 Å². The minimum absolute atomic E-state index is 0.180. The van der Waals surface area contributed by atoms with E-state index in [0.29, 0.717) is 23.7 Å². The highest BCUT2D eigenvalue weighted by Crippen LogP contribution is 2.44. The van der Waals surface area contributed by atoms with Gasteiger partial charge in [0, 0.05) is 16.3 Å². The van der Waals surface area contributed by atoms with Gasteiger partial charge in [-0.1, -0.05) is 0 Å². The second-order valence-corrected chi connectivity index (χ2v) is 7.86. The maximum atomic E-state index is 11.8. The van der Waals surface area contributed by atoms with E-state index in [9.17, 15) is 9.90 Å². The predicted octanol–water partition coefficient (Wildman–Crippen LogP) is 3.72. The van der Waals surface area contributed by atoms with E-state index < -0.39 is 12.0 Å². The highest BCUT2D eigenvalue weighted by molar-refractivity contribution is 7.12. The zero-order valence-electron chi connectivity index (χ0n) is 16.0. The van der Waals surface area contributed by atoms with E-state index in [2.05, 4.69) is 24.0 Å². The minimum atomic E-state index is -0.779. The van der Waals surface area contributed by atoms with Gasteiger partial charge in [0.05, 0.1) is 27.4 Å². The smallest absolute Gasteiger partial charge is 0.320 e. The second-order valence-electron chi connectivity index (χ2n) is 6.54. The summed E-state index contributed by atoms with van der Waals surface area (Å²) in [6, 6.07) is 7.29. The van der Waals surface area contributed by atoms with Crippen LogP contribution < -0.4 is 14.2 Å². The molecule has 0 spiro atoms. The number of hydrogen-bond donors (Lipinski definition) is 1. The van der Waals surface area contributed by atoms with Crippen LogP contribution in [0, 0.1) is 6.92 Å². The molecule has 2 heterocycles. The molecule has 2 atom stereocenters. The number of thiophene rings is 1. The third-order valence-corrected chi connectivity index (χ3v) is 6.00. The van der Waals surface area contributed by atoms with E-state index in [0.717, 1.165) is 23.4 Å². The first kappa shape index (κ1) is 19.5. The van der Waals surface area contributed by atoms with Crippen LogP contribution in [-0.2, 0) is 4.79 Å². The molecule has 1 aliphatic rings. The van der Waals surface area contributed by atoms with Gasteiger partial charge in [-0.25, -0.2) is 0 Å². The molecule has 1 aromatic heterocycles. The highest BCUT2D eigenvalue weighted by atomic mass is 32.1. The van der Waals surface area contributed by atoms with Crippen LogP contribution in [0.5, 0.6) is 17.2 Å². The van der Waals surface area contributed by atoms with Crippen LogP contribution in [0.4, 0.5) is 0 Å². The number of likely N-dealkylation sites (tertiary alicyclic amines) is 1. The fourth-order valence-corrected chi connectivity index (χ4v) is 4.77. The normalized spacial score (nSPS) is 18.3. The van der Waals surface area contributed by atoms with Crippen molar-refractivity contribution in [2.75, 3.05) is 27.9 Å². The summed E-state index contributed by atoms with van der Waals surface area (Å²) in [7, 11) is 4.74. The fraction of sp³-hybridized carbons (Fsp3) is 0.450. The molecule has 7 heteroatoms. The summed E-state index contributed by atoms with van der Waals surface area (Å²) in [6.07, 6.45) is 1.52. The van der Waals surface area contributed by atoms with Gasteiger partial charge in [-0.05, 0) is 49.6 Å². The van der Waals surface area contributed by atoms with Crippen LogP contribution in [0.1, 0.15) is 34.2 Å². The van der Waals surface area contributed by atoms with Gasteiger partial charge in [-0.2, -0.15) is 0 Å².